The number of methoxy groups -OCH3 is 1. The van der Waals surface area contributed by atoms with Crippen LogP contribution in [0.3, 0.4) is 0 Å². The summed E-state index contributed by atoms with van der Waals surface area (Å²) in [6.07, 6.45) is 6.51. The van der Waals surface area contributed by atoms with Gasteiger partial charge in [-0.3, -0.25) is 29.4 Å². The highest BCUT2D eigenvalue weighted by molar-refractivity contribution is 7.18. The Bertz CT molecular complexity index is 1710. The van der Waals surface area contributed by atoms with Gasteiger partial charge in [0.2, 0.25) is 11.8 Å². The number of anilines is 1. The molecule has 3 fully saturated rings. The van der Waals surface area contributed by atoms with Gasteiger partial charge in [0.05, 0.1) is 35.1 Å². The molecule has 2 aromatic carbocycles. The van der Waals surface area contributed by atoms with E-state index in [2.05, 4.69) is 16.0 Å². The van der Waals surface area contributed by atoms with Crippen LogP contribution < -0.4 is 25.4 Å². The number of ether oxygens (including phenoxy) is 2. The Morgan fingerprint density at radius 2 is 1.80 bits per heavy atom. The maximum Gasteiger partial charge on any atom is 0.319 e. The molecule has 3 heterocycles. The second kappa shape index (κ2) is 11.2. The van der Waals surface area contributed by atoms with Crippen LogP contribution in [0.2, 0.25) is 0 Å². The number of nitrogens with one attached hydrogen (secondary N) is 3. The fourth-order valence-corrected chi connectivity index (χ4v) is 7.34. The lowest BCUT2D eigenvalue weighted by Gasteiger charge is -2.27. The number of hydrogen-bond donors (Lipinski definition) is 3. The minimum atomic E-state index is -1.06. The highest BCUT2D eigenvalue weighted by Crippen LogP contribution is 2.45. The predicted octanol–water partition coefficient (Wildman–Crippen LogP) is 4.30. The molecule has 0 spiro atoms. The first-order chi connectivity index (χ1) is 21.3. The Hall–Kier alpha value is -4.52. The number of urea groups is 1. The van der Waals surface area contributed by atoms with Crippen LogP contribution in [0.1, 0.15) is 83.1 Å². The number of benzene rings is 2. The Morgan fingerprint density at radius 1 is 1.02 bits per heavy atom. The fourth-order valence-electron chi connectivity index (χ4n) is 6.19. The van der Waals surface area contributed by atoms with Gasteiger partial charge >= 0.3 is 6.03 Å². The largest absolute Gasteiger partial charge is 0.497 e. The number of aromatic nitrogens is 1. The normalized spacial score (nSPS) is 20.9. The summed E-state index contributed by atoms with van der Waals surface area (Å²) in [5.41, 5.74) is 1.31. The van der Waals surface area contributed by atoms with Gasteiger partial charge < -0.3 is 20.1 Å². The van der Waals surface area contributed by atoms with Crippen molar-refractivity contribution in [2.24, 2.45) is 5.92 Å². The molecule has 2 saturated carbocycles. The smallest absolute Gasteiger partial charge is 0.319 e. The number of piperidine rings is 1. The summed E-state index contributed by atoms with van der Waals surface area (Å²) in [5, 5.41) is 8.81. The standard InChI is InChI=1S/C31H31N5O7S/c1-42-18-13-22(43-17-4-2-3-5-17)26-23(14-18)44-28(34-26)25(15-6-7-15)35-31(41)32-16-8-9-19-20(12-16)30(40)36(29(19)39)21-10-11-24(37)33-27(21)38/h8-9,12-15,17,21,25H,2-7,10-11H2,1H3,(H2,32,35,41)(H,33,37,38)/t21?,25-/m1/s1. The second-order valence-corrected chi connectivity index (χ2v) is 12.7. The first-order valence-corrected chi connectivity index (χ1v) is 15.7. The Kier molecular flexibility index (Phi) is 7.19. The highest BCUT2D eigenvalue weighted by atomic mass is 32.1. The Balaban J connectivity index is 1.08. The third-order valence-corrected chi connectivity index (χ3v) is 9.71. The van der Waals surface area contributed by atoms with Crippen molar-refractivity contribution in [2.75, 3.05) is 12.4 Å². The topological polar surface area (TPSA) is 156 Å². The van der Waals surface area contributed by atoms with E-state index in [0.29, 0.717) is 17.2 Å². The minimum Gasteiger partial charge on any atom is -0.497 e. The van der Waals surface area contributed by atoms with E-state index >= 15 is 0 Å². The van der Waals surface area contributed by atoms with Crippen LogP contribution in [0.25, 0.3) is 10.2 Å². The molecule has 1 saturated heterocycles. The van der Waals surface area contributed by atoms with Crippen LogP contribution in [0.5, 0.6) is 11.5 Å². The molecule has 7 rings (SSSR count). The van der Waals surface area contributed by atoms with Crippen LogP contribution in [0.4, 0.5) is 10.5 Å². The number of amides is 6. The van der Waals surface area contributed by atoms with Crippen molar-refractivity contribution in [3.63, 3.8) is 0 Å². The number of rotatable bonds is 8. The van der Waals surface area contributed by atoms with Crippen molar-refractivity contribution in [3.05, 3.63) is 46.5 Å². The summed E-state index contributed by atoms with van der Waals surface area (Å²) in [6.45, 7) is 0. The molecule has 2 aliphatic carbocycles. The zero-order chi connectivity index (χ0) is 30.5. The molecular weight excluding hydrogens is 586 g/mol. The van der Waals surface area contributed by atoms with Crippen molar-refractivity contribution in [3.8, 4) is 11.5 Å². The van der Waals surface area contributed by atoms with Gasteiger partial charge in [0.15, 0.2) is 5.75 Å². The molecule has 6 amide bonds. The lowest BCUT2D eigenvalue weighted by molar-refractivity contribution is -0.136. The Morgan fingerprint density at radius 3 is 2.52 bits per heavy atom. The van der Waals surface area contributed by atoms with E-state index in [1.165, 1.54) is 23.5 Å². The van der Waals surface area contributed by atoms with Gasteiger partial charge in [0.25, 0.3) is 11.8 Å². The molecule has 2 aliphatic heterocycles. The third-order valence-electron chi connectivity index (χ3n) is 8.63. The average molecular weight is 618 g/mol. The summed E-state index contributed by atoms with van der Waals surface area (Å²) in [4.78, 5) is 69.1. The molecule has 1 aromatic heterocycles. The SMILES string of the molecule is COc1cc(OC2CCCC2)c2nc([C@H](NC(=O)Nc3ccc4c(c3)C(=O)N(C3CCC(=O)NC3=O)C4=O)C3CC3)sc2c1. The maximum absolute atomic E-state index is 13.2. The number of hydrogen-bond acceptors (Lipinski definition) is 9. The summed E-state index contributed by atoms with van der Waals surface area (Å²) in [7, 11) is 1.62. The third kappa shape index (κ3) is 5.25. The zero-order valence-corrected chi connectivity index (χ0v) is 24.8. The zero-order valence-electron chi connectivity index (χ0n) is 24.0. The monoisotopic (exact) mass is 617 g/mol. The number of carbonyl (C=O) groups excluding carboxylic acids is 5. The van der Waals surface area contributed by atoms with Gasteiger partial charge in [-0.2, -0.15) is 0 Å². The lowest BCUT2D eigenvalue weighted by Crippen LogP contribution is -2.54. The quantitative estimate of drug-likeness (QED) is 0.316. The molecule has 228 valence electrons. The molecule has 13 heteroatoms. The summed E-state index contributed by atoms with van der Waals surface area (Å²) < 4.78 is 12.8. The molecular formula is C31H31N5O7S. The molecule has 4 aliphatic rings. The summed E-state index contributed by atoms with van der Waals surface area (Å²) in [5.74, 6) is -0.735. The van der Waals surface area contributed by atoms with Gasteiger partial charge in [-0.25, -0.2) is 9.78 Å². The molecule has 0 radical (unpaired) electrons. The van der Waals surface area contributed by atoms with E-state index in [4.69, 9.17) is 14.5 Å². The van der Waals surface area contributed by atoms with Crippen LogP contribution in [-0.4, -0.2) is 58.8 Å². The fraction of sp³-hybridized carbons (Fsp3) is 0.419. The summed E-state index contributed by atoms with van der Waals surface area (Å²) in [6, 6.07) is 6.39. The molecule has 0 bridgehead atoms. The van der Waals surface area contributed by atoms with Crippen LogP contribution >= 0.6 is 11.3 Å². The van der Waals surface area contributed by atoms with Crippen molar-refractivity contribution in [1.29, 1.82) is 0 Å². The van der Waals surface area contributed by atoms with Gasteiger partial charge in [0.1, 0.15) is 22.3 Å². The predicted molar refractivity (Wildman–Crippen MR) is 160 cm³/mol. The van der Waals surface area contributed by atoms with Crippen LogP contribution in [-0.2, 0) is 9.59 Å². The molecule has 3 aromatic rings. The van der Waals surface area contributed by atoms with E-state index in [1.807, 2.05) is 12.1 Å². The molecule has 44 heavy (non-hydrogen) atoms. The minimum absolute atomic E-state index is 0.0377. The van der Waals surface area contributed by atoms with Crippen molar-refractivity contribution >= 4 is 56.9 Å². The maximum atomic E-state index is 13.2. The van der Waals surface area contributed by atoms with Crippen molar-refractivity contribution in [2.45, 2.75) is 69.6 Å². The van der Waals surface area contributed by atoms with Crippen molar-refractivity contribution in [1.82, 2.24) is 20.5 Å². The number of carbonyl (C=O) groups is 5. The number of thiazole rings is 1. The van der Waals surface area contributed by atoms with Gasteiger partial charge in [-0.15, -0.1) is 11.3 Å². The van der Waals surface area contributed by atoms with Gasteiger partial charge in [0, 0.05) is 18.2 Å². The van der Waals surface area contributed by atoms with Gasteiger partial charge in [-0.05, 0) is 75.1 Å². The molecule has 1 unspecified atom stereocenters. The number of nitrogens with zero attached hydrogens (tertiary/aromatic N) is 2. The van der Waals surface area contributed by atoms with E-state index in [-0.39, 0.29) is 42.0 Å². The first kappa shape index (κ1) is 28.3. The summed E-state index contributed by atoms with van der Waals surface area (Å²) >= 11 is 1.50. The second-order valence-electron chi connectivity index (χ2n) is 11.7. The van der Waals surface area contributed by atoms with E-state index < -0.39 is 35.7 Å². The van der Waals surface area contributed by atoms with Crippen LogP contribution in [0, 0.1) is 5.92 Å². The molecule has 3 N–H and O–H groups in total. The van der Waals surface area contributed by atoms with E-state index in [1.54, 1.807) is 13.2 Å². The van der Waals surface area contributed by atoms with Crippen LogP contribution in [0.15, 0.2) is 30.3 Å². The van der Waals surface area contributed by atoms with Gasteiger partial charge in [-0.1, -0.05) is 0 Å². The lowest BCUT2D eigenvalue weighted by atomic mass is 10.0. The number of imide groups is 2. The average Bonchev–Trinajstić information content (AvgIpc) is 3.44. The van der Waals surface area contributed by atoms with Crippen molar-refractivity contribution < 1.29 is 33.4 Å². The molecule has 2 atom stereocenters. The molecule has 12 nitrogen and oxygen atoms in total. The highest BCUT2D eigenvalue weighted by Gasteiger charge is 2.44. The Labute approximate surface area is 256 Å². The number of fused-ring (bicyclic) bond motifs is 2. The van der Waals surface area contributed by atoms with E-state index in [9.17, 15) is 24.0 Å². The first-order valence-electron chi connectivity index (χ1n) is 14.9. The van der Waals surface area contributed by atoms with E-state index in [0.717, 1.165) is 58.6 Å².